The molecule has 3 rings (SSSR count). The Balaban J connectivity index is 0.00000101. The monoisotopic (exact) mass is 424 g/mol. The minimum absolute atomic E-state index is 0.0710. The van der Waals surface area contributed by atoms with Crippen LogP contribution in [0.15, 0.2) is 24.3 Å². The van der Waals surface area contributed by atoms with Crippen LogP contribution in [0.2, 0.25) is 0 Å². The van der Waals surface area contributed by atoms with Crippen LogP contribution < -0.4 is 10.6 Å². The van der Waals surface area contributed by atoms with Crippen LogP contribution in [-0.4, -0.2) is 83.3 Å². The molecular weight excluding hydrogens is 395 g/mol. The number of carbonyl (C=O) groups is 3. The number of aliphatic hydroxyl groups excluding tert-OH is 1. The van der Waals surface area contributed by atoms with Gasteiger partial charge in [-0.3, -0.25) is 14.5 Å². The highest BCUT2D eigenvalue weighted by Crippen LogP contribution is 2.16. The molecule has 2 saturated heterocycles. The quantitative estimate of drug-likeness (QED) is 0.507. The Hall–Kier alpha value is -2.72. The number of urea groups is 1. The van der Waals surface area contributed by atoms with Crippen LogP contribution in [0.4, 0.5) is 9.18 Å². The first kappa shape index (κ1) is 23.6. The third kappa shape index (κ3) is 6.96. The molecule has 0 aromatic heterocycles. The zero-order chi connectivity index (χ0) is 21.9. The standard InChI is InChI=1S/C19H27FN4O3.CH2O2/c20-15-3-1-14(2-4-15)13-23-9-5-16(6-10-23)22-19(27)24-11-8-21-18(26)17(24)7-12-25;2-1-3/h1-4,16-17,25H,5-13H2,(H,21,26)(H,22,27);1H,(H,2,3). The summed E-state index contributed by atoms with van der Waals surface area (Å²) >= 11 is 0. The van der Waals surface area contributed by atoms with E-state index in [1.54, 1.807) is 12.1 Å². The van der Waals surface area contributed by atoms with Crippen molar-refractivity contribution in [1.29, 1.82) is 0 Å². The highest BCUT2D eigenvalue weighted by molar-refractivity contribution is 5.88. The fourth-order valence-corrected chi connectivity index (χ4v) is 3.71. The van der Waals surface area contributed by atoms with E-state index in [2.05, 4.69) is 15.5 Å². The van der Waals surface area contributed by atoms with Crippen molar-refractivity contribution < 1.29 is 29.0 Å². The molecule has 1 unspecified atom stereocenters. The first-order valence-electron chi connectivity index (χ1n) is 9.98. The van der Waals surface area contributed by atoms with E-state index in [4.69, 9.17) is 15.0 Å². The molecule has 0 radical (unpaired) electrons. The van der Waals surface area contributed by atoms with Gasteiger partial charge in [0, 0.05) is 45.4 Å². The van der Waals surface area contributed by atoms with E-state index in [1.165, 1.54) is 17.0 Å². The maximum atomic E-state index is 13.0. The predicted molar refractivity (Wildman–Crippen MR) is 107 cm³/mol. The Morgan fingerprint density at radius 1 is 1.23 bits per heavy atom. The lowest BCUT2D eigenvalue weighted by atomic mass is 10.0. The van der Waals surface area contributed by atoms with Gasteiger partial charge in [-0.1, -0.05) is 12.1 Å². The summed E-state index contributed by atoms with van der Waals surface area (Å²) < 4.78 is 13.0. The molecule has 0 spiro atoms. The van der Waals surface area contributed by atoms with Gasteiger partial charge in [-0.25, -0.2) is 9.18 Å². The number of carboxylic acid groups (broad SMARTS) is 1. The van der Waals surface area contributed by atoms with Gasteiger partial charge in [0.1, 0.15) is 11.9 Å². The molecule has 0 saturated carbocycles. The Morgan fingerprint density at radius 2 is 1.87 bits per heavy atom. The fourth-order valence-electron chi connectivity index (χ4n) is 3.71. The Kier molecular flexibility index (Phi) is 9.49. The van der Waals surface area contributed by atoms with Gasteiger partial charge in [-0.15, -0.1) is 0 Å². The number of piperazine rings is 1. The molecule has 2 aliphatic rings. The molecule has 2 fully saturated rings. The first-order valence-corrected chi connectivity index (χ1v) is 9.98. The average Bonchev–Trinajstić information content (AvgIpc) is 2.73. The molecule has 9 nitrogen and oxygen atoms in total. The van der Waals surface area contributed by atoms with Gasteiger partial charge in [-0.05, 0) is 37.0 Å². The van der Waals surface area contributed by atoms with Crippen molar-refractivity contribution in [3.05, 3.63) is 35.6 Å². The number of hydrogen-bond donors (Lipinski definition) is 4. The van der Waals surface area contributed by atoms with Gasteiger partial charge in [0.25, 0.3) is 6.47 Å². The van der Waals surface area contributed by atoms with Crippen LogP contribution in [0.1, 0.15) is 24.8 Å². The molecule has 166 valence electrons. The minimum atomic E-state index is -0.609. The van der Waals surface area contributed by atoms with Gasteiger partial charge in [0.05, 0.1) is 0 Å². The number of hydrogen-bond acceptors (Lipinski definition) is 5. The molecule has 3 amide bonds. The second-order valence-corrected chi connectivity index (χ2v) is 7.24. The molecule has 30 heavy (non-hydrogen) atoms. The number of halogens is 1. The largest absolute Gasteiger partial charge is 0.483 e. The summed E-state index contributed by atoms with van der Waals surface area (Å²) in [4.78, 5) is 36.7. The van der Waals surface area contributed by atoms with Crippen molar-refractivity contribution in [1.82, 2.24) is 20.4 Å². The summed E-state index contributed by atoms with van der Waals surface area (Å²) in [5.41, 5.74) is 1.07. The average molecular weight is 424 g/mol. The number of benzene rings is 1. The molecule has 1 aromatic rings. The molecule has 2 aliphatic heterocycles. The maximum Gasteiger partial charge on any atom is 0.318 e. The Labute approximate surface area is 174 Å². The van der Waals surface area contributed by atoms with Gasteiger partial charge in [-0.2, -0.15) is 0 Å². The molecule has 4 N–H and O–H groups in total. The summed E-state index contributed by atoms with van der Waals surface area (Å²) in [6.07, 6.45) is 1.91. The third-order valence-corrected chi connectivity index (χ3v) is 5.23. The maximum absolute atomic E-state index is 13.0. The number of piperidine rings is 1. The zero-order valence-electron chi connectivity index (χ0n) is 16.8. The highest BCUT2D eigenvalue weighted by atomic mass is 19.1. The number of nitrogens with one attached hydrogen (secondary N) is 2. The van der Waals surface area contributed by atoms with Crippen LogP contribution in [0.5, 0.6) is 0 Å². The normalized spacial score (nSPS) is 20.0. The minimum Gasteiger partial charge on any atom is -0.483 e. The Morgan fingerprint density at radius 3 is 2.47 bits per heavy atom. The number of rotatable bonds is 5. The molecular formula is C20H29FN4O5. The van der Waals surface area contributed by atoms with Gasteiger partial charge in [0.2, 0.25) is 5.91 Å². The zero-order valence-corrected chi connectivity index (χ0v) is 16.8. The smallest absolute Gasteiger partial charge is 0.318 e. The number of nitrogens with zero attached hydrogens (tertiary/aromatic N) is 2. The van der Waals surface area contributed by atoms with Crippen molar-refractivity contribution in [3.63, 3.8) is 0 Å². The van der Waals surface area contributed by atoms with Crippen molar-refractivity contribution >= 4 is 18.4 Å². The third-order valence-electron chi connectivity index (χ3n) is 5.23. The van der Waals surface area contributed by atoms with E-state index in [-0.39, 0.29) is 43.3 Å². The topological polar surface area (TPSA) is 122 Å². The van der Waals surface area contributed by atoms with Crippen LogP contribution in [0.25, 0.3) is 0 Å². The summed E-state index contributed by atoms with van der Waals surface area (Å²) in [6, 6.07) is 5.77. The SMILES string of the molecule is O=C1NCCN(C(=O)NC2CCN(Cc3ccc(F)cc3)CC2)C1CCO.O=CO. The van der Waals surface area contributed by atoms with E-state index in [0.29, 0.717) is 13.1 Å². The van der Waals surface area contributed by atoms with Crippen molar-refractivity contribution in [2.75, 3.05) is 32.8 Å². The highest BCUT2D eigenvalue weighted by Gasteiger charge is 2.33. The number of amides is 3. The van der Waals surface area contributed by atoms with Crippen molar-refractivity contribution in [2.45, 2.75) is 37.9 Å². The van der Waals surface area contributed by atoms with Crippen LogP contribution in [-0.2, 0) is 16.1 Å². The van der Waals surface area contributed by atoms with Crippen LogP contribution in [0.3, 0.4) is 0 Å². The molecule has 1 atom stereocenters. The Bertz CT molecular complexity index is 695. The van der Waals surface area contributed by atoms with Gasteiger partial charge < -0.3 is 25.7 Å². The van der Waals surface area contributed by atoms with Gasteiger partial charge in [0.15, 0.2) is 0 Å². The second-order valence-electron chi connectivity index (χ2n) is 7.24. The summed E-state index contributed by atoms with van der Waals surface area (Å²) in [7, 11) is 0. The van der Waals surface area contributed by atoms with E-state index >= 15 is 0 Å². The van der Waals surface area contributed by atoms with Crippen LogP contribution >= 0.6 is 0 Å². The predicted octanol–water partition coefficient (Wildman–Crippen LogP) is 0.383. The molecule has 1 aromatic carbocycles. The van der Waals surface area contributed by atoms with Gasteiger partial charge >= 0.3 is 6.03 Å². The molecule has 0 bridgehead atoms. The number of likely N-dealkylation sites (tertiary alicyclic amines) is 1. The van der Waals surface area contributed by atoms with E-state index in [0.717, 1.165) is 38.0 Å². The summed E-state index contributed by atoms with van der Waals surface area (Å²) in [6.45, 7) is 2.97. The summed E-state index contributed by atoms with van der Waals surface area (Å²) in [5.74, 6) is -0.439. The fraction of sp³-hybridized carbons (Fsp3) is 0.550. The van der Waals surface area contributed by atoms with Crippen molar-refractivity contribution in [3.8, 4) is 0 Å². The molecule has 2 heterocycles. The summed E-state index contributed by atoms with van der Waals surface area (Å²) in [5, 5.41) is 21.8. The van der Waals surface area contributed by atoms with Crippen molar-refractivity contribution in [2.24, 2.45) is 0 Å². The second kappa shape index (κ2) is 12.1. The molecule has 10 heteroatoms. The first-order chi connectivity index (χ1) is 14.5. The lowest BCUT2D eigenvalue weighted by Gasteiger charge is -2.37. The van der Waals surface area contributed by atoms with E-state index in [1.807, 2.05) is 0 Å². The lowest BCUT2D eigenvalue weighted by molar-refractivity contribution is -0.128. The van der Waals surface area contributed by atoms with E-state index in [9.17, 15) is 14.0 Å². The number of carbonyl (C=O) groups excluding carboxylic acids is 2. The van der Waals surface area contributed by atoms with Crippen LogP contribution in [0, 0.1) is 5.82 Å². The lowest BCUT2D eigenvalue weighted by Crippen LogP contribution is -2.61. The molecule has 0 aliphatic carbocycles. The van der Waals surface area contributed by atoms with E-state index < -0.39 is 6.04 Å². The number of aliphatic hydroxyl groups is 1.